The number of aromatic nitrogens is 3. The van der Waals surface area contributed by atoms with Crippen LogP contribution in [0.1, 0.15) is 46.1 Å². The van der Waals surface area contributed by atoms with E-state index >= 15 is 0 Å². The standard InChI is InChI=1S/C44H29N3/c1-43-34-21-9-12-24-37(34)44(38-25-13-10-22-35(38)43,39-26-14-11-23-36(39)43)42-46-40(28-15-3-2-4-16-28)45-41(47-42)33-27-29-17-5-6-18-30(29)31-19-7-8-20-32(31)33/h2-27H,1H3. The van der Waals surface area contributed by atoms with E-state index in [2.05, 4.69) is 159 Å². The Hall–Kier alpha value is -5.93. The molecule has 3 aliphatic carbocycles. The van der Waals surface area contributed by atoms with Crippen molar-refractivity contribution in [2.45, 2.75) is 17.8 Å². The average molecular weight is 600 g/mol. The maximum Gasteiger partial charge on any atom is 0.164 e. The van der Waals surface area contributed by atoms with Crippen molar-refractivity contribution in [2.24, 2.45) is 0 Å². The summed E-state index contributed by atoms with van der Waals surface area (Å²) in [5.41, 5.74) is 8.56. The first-order valence-electron chi connectivity index (χ1n) is 16.2. The fourth-order valence-electron chi connectivity index (χ4n) is 8.59. The van der Waals surface area contributed by atoms with E-state index in [1.54, 1.807) is 0 Å². The van der Waals surface area contributed by atoms with Crippen LogP contribution in [-0.4, -0.2) is 15.0 Å². The second kappa shape index (κ2) is 9.54. The molecule has 0 aliphatic heterocycles. The van der Waals surface area contributed by atoms with Crippen molar-refractivity contribution in [1.82, 2.24) is 15.0 Å². The summed E-state index contributed by atoms with van der Waals surface area (Å²) in [6.07, 6.45) is 0. The zero-order valence-electron chi connectivity index (χ0n) is 25.9. The molecule has 8 aromatic rings. The Labute approximate surface area is 273 Å². The second-order valence-electron chi connectivity index (χ2n) is 12.9. The molecular formula is C44H29N3. The number of benzene rings is 7. The van der Waals surface area contributed by atoms with E-state index in [0.717, 1.165) is 27.7 Å². The van der Waals surface area contributed by atoms with Gasteiger partial charge in [0.25, 0.3) is 0 Å². The maximum absolute atomic E-state index is 5.57. The third kappa shape index (κ3) is 3.38. The van der Waals surface area contributed by atoms with Gasteiger partial charge < -0.3 is 0 Å². The summed E-state index contributed by atoms with van der Waals surface area (Å²) in [5, 5.41) is 4.70. The molecule has 7 aromatic carbocycles. The largest absolute Gasteiger partial charge is 0.211 e. The molecule has 3 aliphatic rings. The Balaban J connectivity index is 1.38. The number of fused-ring (bicyclic) bond motifs is 3. The summed E-state index contributed by atoms with van der Waals surface area (Å²) in [6, 6.07) is 56.5. The summed E-state index contributed by atoms with van der Waals surface area (Å²) in [5.74, 6) is 2.09. The van der Waals surface area contributed by atoms with Crippen LogP contribution in [0.15, 0.2) is 158 Å². The highest BCUT2D eigenvalue weighted by atomic mass is 15.1. The van der Waals surface area contributed by atoms with Gasteiger partial charge in [0.15, 0.2) is 17.5 Å². The molecule has 0 saturated carbocycles. The van der Waals surface area contributed by atoms with Crippen LogP contribution in [0.2, 0.25) is 0 Å². The second-order valence-corrected chi connectivity index (χ2v) is 12.9. The molecule has 11 rings (SSSR count). The normalized spacial score (nSPS) is 18.9. The minimum Gasteiger partial charge on any atom is -0.211 e. The van der Waals surface area contributed by atoms with Crippen LogP contribution >= 0.6 is 0 Å². The van der Waals surface area contributed by atoms with Gasteiger partial charge in [-0.25, -0.2) is 15.0 Å². The van der Waals surface area contributed by atoms with Crippen molar-refractivity contribution in [1.29, 1.82) is 0 Å². The molecule has 47 heavy (non-hydrogen) atoms. The van der Waals surface area contributed by atoms with E-state index in [1.807, 2.05) is 6.07 Å². The molecule has 1 heterocycles. The lowest BCUT2D eigenvalue weighted by atomic mass is 9.47. The minimum absolute atomic E-state index is 0.293. The Morgan fingerprint density at radius 2 is 0.872 bits per heavy atom. The summed E-state index contributed by atoms with van der Waals surface area (Å²) in [7, 11) is 0. The first-order valence-corrected chi connectivity index (χ1v) is 16.2. The Morgan fingerprint density at radius 3 is 1.49 bits per heavy atom. The summed E-state index contributed by atoms with van der Waals surface area (Å²) < 4.78 is 0. The number of rotatable bonds is 3. The van der Waals surface area contributed by atoms with Gasteiger partial charge >= 0.3 is 0 Å². The molecular weight excluding hydrogens is 571 g/mol. The molecule has 3 nitrogen and oxygen atoms in total. The Kier molecular flexibility index (Phi) is 5.34. The van der Waals surface area contributed by atoms with Crippen LogP contribution in [0.4, 0.5) is 0 Å². The quantitative estimate of drug-likeness (QED) is 0.190. The third-order valence-electron chi connectivity index (χ3n) is 10.6. The lowest BCUT2D eigenvalue weighted by Gasteiger charge is -2.54. The van der Waals surface area contributed by atoms with Crippen molar-refractivity contribution in [2.75, 3.05) is 0 Å². The molecule has 2 bridgehead atoms. The van der Waals surface area contributed by atoms with Gasteiger partial charge in [0.05, 0.1) is 0 Å². The number of hydrogen-bond acceptors (Lipinski definition) is 3. The van der Waals surface area contributed by atoms with Crippen molar-refractivity contribution in [3.8, 4) is 22.8 Å². The molecule has 0 N–H and O–H groups in total. The minimum atomic E-state index is -0.727. The van der Waals surface area contributed by atoms with Crippen LogP contribution in [0.25, 0.3) is 44.3 Å². The zero-order valence-corrected chi connectivity index (χ0v) is 25.9. The Bertz CT molecular complexity index is 2430. The topological polar surface area (TPSA) is 38.7 Å². The van der Waals surface area contributed by atoms with Crippen LogP contribution in [0.3, 0.4) is 0 Å². The fourth-order valence-corrected chi connectivity index (χ4v) is 8.59. The summed E-state index contributed by atoms with van der Waals surface area (Å²) in [6.45, 7) is 2.38. The van der Waals surface area contributed by atoms with Crippen LogP contribution in [0.5, 0.6) is 0 Å². The van der Waals surface area contributed by atoms with Gasteiger partial charge in [-0.15, -0.1) is 0 Å². The monoisotopic (exact) mass is 599 g/mol. The number of hydrogen-bond donors (Lipinski definition) is 0. The molecule has 0 fully saturated rings. The number of nitrogens with zero attached hydrogens (tertiary/aromatic N) is 3. The first kappa shape index (κ1) is 26.3. The van der Waals surface area contributed by atoms with Crippen molar-refractivity contribution >= 4 is 21.5 Å². The van der Waals surface area contributed by atoms with Gasteiger partial charge in [0, 0.05) is 16.5 Å². The van der Waals surface area contributed by atoms with Gasteiger partial charge in [0.2, 0.25) is 0 Å². The SMILES string of the molecule is CC12c3ccccc3C(c3nc(-c4ccccc4)nc(-c4cc5ccccc5c5ccccc45)n3)(c3ccccc31)c1ccccc12. The summed E-state index contributed by atoms with van der Waals surface area (Å²) >= 11 is 0. The van der Waals surface area contributed by atoms with Crippen molar-refractivity contribution in [3.63, 3.8) is 0 Å². The molecule has 3 heteroatoms. The highest BCUT2D eigenvalue weighted by molar-refractivity contribution is 6.13. The Morgan fingerprint density at radius 1 is 0.404 bits per heavy atom. The van der Waals surface area contributed by atoms with Crippen LogP contribution in [-0.2, 0) is 10.8 Å². The smallest absolute Gasteiger partial charge is 0.164 e. The van der Waals surface area contributed by atoms with Gasteiger partial charge in [0.1, 0.15) is 5.41 Å². The summed E-state index contributed by atoms with van der Waals surface area (Å²) in [4.78, 5) is 16.3. The highest BCUT2D eigenvalue weighted by Gasteiger charge is 2.59. The van der Waals surface area contributed by atoms with Gasteiger partial charge in [-0.05, 0) is 67.9 Å². The molecule has 220 valence electrons. The molecule has 1 aromatic heterocycles. The fraction of sp³-hybridized carbons (Fsp3) is 0.0682. The third-order valence-corrected chi connectivity index (χ3v) is 10.6. The van der Waals surface area contributed by atoms with E-state index in [9.17, 15) is 0 Å². The molecule has 0 radical (unpaired) electrons. The van der Waals surface area contributed by atoms with Crippen LogP contribution in [0, 0.1) is 0 Å². The molecule has 0 unspecified atom stereocenters. The lowest BCUT2D eigenvalue weighted by Crippen LogP contribution is -2.50. The van der Waals surface area contributed by atoms with Crippen molar-refractivity contribution < 1.29 is 0 Å². The lowest BCUT2D eigenvalue weighted by molar-refractivity contribution is 0.514. The maximum atomic E-state index is 5.57. The van der Waals surface area contributed by atoms with Gasteiger partial charge in [-0.1, -0.05) is 152 Å². The van der Waals surface area contributed by atoms with E-state index in [4.69, 9.17) is 15.0 Å². The van der Waals surface area contributed by atoms with E-state index in [1.165, 1.54) is 44.2 Å². The van der Waals surface area contributed by atoms with E-state index in [0.29, 0.717) is 11.6 Å². The predicted octanol–water partition coefficient (Wildman–Crippen LogP) is 9.88. The first-order chi connectivity index (χ1) is 23.2. The average Bonchev–Trinajstić information content (AvgIpc) is 3.15. The predicted molar refractivity (Wildman–Crippen MR) is 190 cm³/mol. The van der Waals surface area contributed by atoms with Crippen molar-refractivity contribution in [3.05, 3.63) is 197 Å². The molecule has 0 saturated heterocycles. The van der Waals surface area contributed by atoms with Gasteiger partial charge in [-0.2, -0.15) is 0 Å². The van der Waals surface area contributed by atoms with Crippen LogP contribution < -0.4 is 0 Å². The molecule has 0 spiro atoms. The van der Waals surface area contributed by atoms with E-state index in [-0.39, 0.29) is 5.41 Å². The molecule has 0 amide bonds. The molecule has 0 atom stereocenters. The van der Waals surface area contributed by atoms with Gasteiger partial charge in [-0.3, -0.25) is 0 Å². The van der Waals surface area contributed by atoms with E-state index < -0.39 is 5.41 Å². The highest BCUT2D eigenvalue weighted by Crippen LogP contribution is 2.63. The zero-order chi connectivity index (χ0) is 31.2.